The van der Waals surface area contributed by atoms with Gasteiger partial charge in [0.2, 0.25) is 0 Å². The van der Waals surface area contributed by atoms with E-state index < -0.39 is 5.60 Å². The summed E-state index contributed by atoms with van der Waals surface area (Å²) in [6.45, 7) is 0.392. The molecular weight excluding hydrogens is 242 g/mol. The lowest BCUT2D eigenvalue weighted by Crippen LogP contribution is -2.42. The van der Waals surface area contributed by atoms with Crippen molar-refractivity contribution in [2.75, 3.05) is 26.0 Å². The van der Waals surface area contributed by atoms with Crippen LogP contribution in [0.25, 0.3) is 0 Å². The Morgan fingerprint density at radius 2 is 2.21 bits per heavy atom. The summed E-state index contributed by atoms with van der Waals surface area (Å²) in [4.78, 5) is 18.0. The van der Waals surface area contributed by atoms with Gasteiger partial charge in [0.1, 0.15) is 5.82 Å². The lowest BCUT2D eigenvalue weighted by molar-refractivity contribution is 0.0157. The number of amides is 1. The smallest absolute Gasteiger partial charge is 0.253 e. The second-order valence-corrected chi connectivity index (χ2v) is 5.27. The van der Waals surface area contributed by atoms with Crippen molar-refractivity contribution in [3.63, 3.8) is 0 Å². The minimum Gasteiger partial charge on any atom is -0.388 e. The molecule has 0 atom stereocenters. The lowest BCUT2D eigenvalue weighted by Gasteiger charge is -2.28. The van der Waals surface area contributed by atoms with Gasteiger partial charge in [-0.2, -0.15) is 0 Å². The molecule has 0 saturated heterocycles. The quantitative estimate of drug-likeness (QED) is 0.864. The molecule has 0 radical (unpaired) electrons. The molecule has 1 heterocycles. The SMILES string of the molecule is CNc1cc(C(=O)N(C)CC2(O)CCCC2)ccn1. The van der Waals surface area contributed by atoms with E-state index in [1.165, 1.54) is 0 Å². The van der Waals surface area contributed by atoms with Gasteiger partial charge in [-0.05, 0) is 25.0 Å². The van der Waals surface area contributed by atoms with Gasteiger partial charge in [0.15, 0.2) is 0 Å². The summed E-state index contributed by atoms with van der Waals surface area (Å²) in [5, 5.41) is 13.3. The molecule has 2 N–H and O–H groups in total. The highest BCUT2D eigenvalue weighted by atomic mass is 16.3. The first-order chi connectivity index (χ1) is 9.04. The van der Waals surface area contributed by atoms with Crippen molar-refractivity contribution in [3.05, 3.63) is 23.9 Å². The molecule has 0 unspecified atom stereocenters. The summed E-state index contributed by atoms with van der Waals surface area (Å²) < 4.78 is 0. The molecule has 5 heteroatoms. The van der Waals surface area contributed by atoms with Gasteiger partial charge < -0.3 is 15.3 Å². The fourth-order valence-corrected chi connectivity index (χ4v) is 2.63. The molecule has 1 amide bonds. The topological polar surface area (TPSA) is 65.5 Å². The van der Waals surface area contributed by atoms with Gasteiger partial charge in [0, 0.05) is 32.4 Å². The molecule has 1 saturated carbocycles. The van der Waals surface area contributed by atoms with Crippen molar-refractivity contribution in [2.24, 2.45) is 0 Å². The number of likely N-dealkylation sites (N-methyl/N-ethyl adjacent to an activating group) is 1. The van der Waals surface area contributed by atoms with Crippen LogP contribution in [-0.2, 0) is 0 Å². The molecule has 0 bridgehead atoms. The van der Waals surface area contributed by atoms with Crippen LogP contribution in [0, 0.1) is 0 Å². The number of anilines is 1. The van der Waals surface area contributed by atoms with Gasteiger partial charge in [-0.15, -0.1) is 0 Å². The number of carbonyl (C=O) groups is 1. The summed E-state index contributed by atoms with van der Waals surface area (Å²) in [6, 6.07) is 3.41. The lowest BCUT2D eigenvalue weighted by atomic mass is 10.0. The van der Waals surface area contributed by atoms with Crippen LogP contribution in [0.3, 0.4) is 0 Å². The number of carbonyl (C=O) groups excluding carboxylic acids is 1. The largest absolute Gasteiger partial charge is 0.388 e. The zero-order valence-corrected chi connectivity index (χ0v) is 11.5. The van der Waals surface area contributed by atoms with E-state index in [2.05, 4.69) is 10.3 Å². The van der Waals surface area contributed by atoms with Gasteiger partial charge in [0.05, 0.1) is 5.60 Å². The molecule has 104 valence electrons. The Morgan fingerprint density at radius 1 is 1.53 bits per heavy atom. The molecule has 0 spiro atoms. The molecule has 1 fully saturated rings. The molecule has 0 aromatic carbocycles. The molecule has 1 aromatic rings. The van der Waals surface area contributed by atoms with Crippen molar-refractivity contribution in [1.82, 2.24) is 9.88 Å². The van der Waals surface area contributed by atoms with Gasteiger partial charge in [-0.3, -0.25) is 4.79 Å². The second kappa shape index (κ2) is 5.57. The zero-order valence-electron chi connectivity index (χ0n) is 11.5. The monoisotopic (exact) mass is 263 g/mol. The molecule has 1 aliphatic carbocycles. The van der Waals surface area contributed by atoms with Crippen molar-refractivity contribution in [1.29, 1.82) is 0 Å². The summed E-state index contributed by atoms with van der Waals surface area (Å²) >= 11 is 0. The van der Waals surface area contributed by atoms with E-state index >= 15 is 0 Å². The number of rotatable bonds is 4. The maximum Gasteiger partial charge on any atom is 0.253 e. The van der Waals surface area contributed by atoms with E-state index in [1.807, 2.05) is 0 Å². The summed E-state index contributed by atoms with van der Waals surface area (Å²) in [5.41, 5.74) is -0.119. The second-order valence-electron chi connectivity index (χ2n) is 5.27. The van der Waals surface area contributed by atoms with Crippen molar-refractivity contribution in [2.45, 2.75) is 31.3 Å². The Hall–Kier alpha value is -1.62. The van der Waals surface area contributed by atoms with E-state index in [0.717, 1.165) is 25.7 Å². The molecule has 1 aliphatic rings. The van der Waals surface area contributed by atoms with Crippen LogP contribution in [0.2, 0.25) is 0 Å². The van der Waals surface area contributed by atoms with Crippen LogP contribution in [0.4, 0.5) is 5.82 Å². The number of pyridine rings is 1. The Bertz CT molecular complexity index is 456. The molecule has 19 heavy (non-hydrogen) atoms. The molecule has 2 rings (SSSR count). The number of nitrogens with zero attached hydrogens (tertiary/aromatic N) is 2. The van der Waals surface area contributed by atoms with Gasteiger partial charge >= 0.3 is 0 Å². The van der Waals surface area contributed by atoms with Crippen molar-refractivity contribution in [3.8, 4) is 0 Å². The third-order valence-electron chi connectivity index (χ3n) is 3.68. The Labute approximate surface area is 113 Å². The maximum absolute atomic E-state index is 12.3. The number of aliphatic hydroxyl groups is 1. The third kappa shape index (κ3) is 3.23. The summed E-state index contributed by atoms with van der Waals surface area (Å²) in [5.74, 6) is 0.582. The van der Waals surface area contributed by atoms with Crippen LogP contribution in [0.5, 0.6) is 0 Å². The van der Waals surface area contributed by atoms with E-state index in [4.69, 9.17) is 0 Å². The minimum absolute atomic E-state index is 0.0841. The highest BCUT2D eigenvalue weighted by Gasteiger charge is 2.33. The predicted octanol–water partition coefficient (Wildman–Crippen LogP) is 1.50. The van der Waals surface area contributed by atoms with E-state index in [0.29, 0.717) is 17.9 Å². The minimum atomic E-state index is -0.705. The molecule has 0 aliphatic heterocycles. The Balaban J connectivity index is 2.05. The van der Waals surface area contributed by atoms with Gasteiger partial charge in [-0.25, -0.2) is 4.98 Å². The average molecular weight is 263 g/mol. The first-order valence-corrected chi connectivity index (χ1v) is 6.66. The molecular formula is C14H21N3O2. The van der Waals surface area contributed by atoms with Crippen LogP contribution >= 0.6 is 0 Å². The van der Waals surface area contributed by atoms with Crippen molar-refractivity contribution < 1.29 is 9.90 Å². The van der Waals surface area contributed by atoms with Crippen LogP contribution in [0.15, 0.2) is 18.3 Å². The van der Waals surface area contributed by atoms with Gasteiger partial charge in [0.25, 0.3) is 5.91 Å². The Morgan fingerprint density at radius 3 is 2.84 bits per heavy atom. The highest BCUT2D eigenvalue weighted by Crippen LogP contribution is 2.30. The number of hydrogen-bond donors (Lipinski definition) is 2. The molecule has 1 aromatic heterocycles. The van der Waals surface area contributed by atoms with E-state index in [1.54, 1.807) is 37.3 Å². The third-order valence-corrected chi connectivity index (χ3v) is 3.68. The van der Waals surface area contributed by atoms with Crippen LogP contribution < -0.4 is 5.32 Å². The number of nitrogens with one attached hydrogen (secondary N) is 1. The van der Waals surface area contributed by atoms with Gasteiger partial charge in [-0.1, -0.05) is 12.8 Å². The predicted molar refractivity (Wildman–Crippen MR) is 74.2 cm³/mol. The highest BCUT2D eigenvalue weighted by molar-refractivity contribution is 5.94. The first-order valence-electron chi connectivity index (χ1n) is 6.66. The van der Waals surface area contributed by atoms with Crippen LogP contribution in [0.1, 0.15) is 36.0 Å². The fourth-order valence-electron chi connectivity index (χ4n) is 2.63. The average Bonchev–Trinajstić information content (AvgIpc) is 2.84. The van der Waals surface area contributed by atoms with Crippen LogP contribution in [-0.4, -0.2) is 47.1 Å². The maximum atomic E-state index is 12.3. The normalized spacial score (nSPS) is 17.2. The first kappa shape index (κ1) is 13.8. The Kier molecular flexibility index (Phi) is 4.04. The van der Waals surface area contributed by atoms with E-state index in [9.17, 15) is 9.90 Å². The fraction of sp³-hybridized carbons (Fsp3) is 0.571. The number of hydrogen-bond acceptors (Lipinski definition) is 4. The summed E-state index contributed by atoms with van der Waals surface area (Å²) in [7, 11) is 3.50. The zero-order chi connectivity index (χ0) is 13.9. The van der Waals surface area contributed by atoms with Crippen molar-refractivity contribution >= 4 is 11.7 Å². The number of aromatic nitrogens is 1. The molecule has 5 nitrogen and oxygen atoms in total. The summed E-state index contributed by atoms with van der Waals surface area (Å²) in [6.07, 6.45) is 5.25. The van der Waals surface area contributed by atoms with E-state index in [-0.39, 0.29) is 5.91 Å². The standard InChI is InChI=1S/C14H21N3O2/c1-15-12-9-11(5-8-16-12)13(18)17(2)10-14(19)6-3-4-7-14/h5,8-9,19H,3-4,6-7,10H2,1-2H3,(H,15,16).